The zero-order valence-corrected chi connectivity index (χ0v) is 10.5. The van der Waals surface area contributed by atoms with Crippen molar-refractivity contribution in [1.29, 1.82) is 0 Å². The third kappa shape index (κ3) is 2.49. The molecule has 100 valence electrons. The van der Waals surface area contributed by atoms with Crippen LogP contribution in [0.5, 0.6) is 5.75 Å². The monoisotopic (exact) mass is 252 g/mol. The van der Waals surface area contributed by atoms with E-state index in [4.69, 9.17) is 10.5 Å². The molecule has 0 aromatic heterocycles. The van der Waals surface area contributed by atoms with Crippen molar-refractivity contribution >= 4 is 0 Å². The summed E-state index contributed by atoms with van der Waals surface area (Å²) in [5.41, 5.74) is 6.83. The highest BCUT2D eigenvalue weighted by Crippen LogP contribution is 2.30. The summed E-state index contributed by atoms with van der Waals surface area (Å²) < 4.78 is 5.33. The van der Waals surface area contributed by atoms with E-state index in [2.05, 4.69) is 0 Å². The van der Waals surface area contributed by atoms with Crippen molar-refractivity contribution in [3.8, 4) is 5.75 Å². The predicted octanol–water partition coefficient (Wildman–Crippen LogP) is -0.268. The molecule has 1 fully saturated rings. The van der Waals surface area contributed by atoms with Crippen LogP contribution in [-0.4, -0.2) is 54.1 Å². The maximum Gasteiger partial charge on any atom is 0.123 e. The molecule has 1 aromatic carbocycles. The Bertz CT molecular complexity index is 390. The molecule has 5 nitrogen and oxygen atoms in total. The Balaban J connectivity index is 2.23. The summed E-state index contributed by atoms with van der Waals surface area (Å²) in [6.45, 7) is 1.28. The van der Waals surface area contributed by atoms with Crippen LogP contribution in [0.1, 0.15) is 11.6 Å². The fourth-order valence-electron chi connectivity index (χ4n) is 2.47. The number of aliphatic hydroxyl groups is 2. The molecule has 3 atom stereocenters. The number of rotatable bonds is 4. The van der Waals surface area contributed by atoms with Crippen LogP contribution in [0.3, 0.4) is 0 Å². The van der Waals surface area contributed by atoms with Crippen LogP contribution in [0.2, 0.25) is 0 Å². The molecule has 1 aliphatic rings. The highest BCUT2D eigenvalue weighted by atomic mass is 16.5. The summed E-state index contributed by atoms with van der Waals surface area (Å²) >= 11 is 0. The predicted molar refractivity (Wildman–Crippen MR) is 68.4 cm³/mol. The Morgan fingerprint density at radius 3 is 2.50 bits per heavy atom. The van der Waals surface area contributed by atoms with Gasteiger partial charge in [0.05, 0.1) is 25.4 Å². The average Bonchev–Trinajstić information content (AvgIpc) is 2.71. The smallest absolute Gasteiger partial charge is 0.123 e. The summed E-state index contributed by atoms with van der Waals surface area (Å²) in [7, 11) is 1.63. The summed E-state index contributed by atoms with van der Waals surface area (Å²) in [5.74, 6) is 0.781. The largest absolute Gasteiger partial charge is 0.496 e. The number of β-amino-alcohol motifs (C(OH)–C–C–N with tert-alkyl or cyclic N) is 2. The lowest BCUT2D eigenvalue weighted by molar-refractivity contribution is 0.0572. The zero-order chi connectivity index (χ0) is 13.1. The third-order valence-corrected chi connectivity index (χ3v) is 3.45. The summed E-state index contributed by atoms with van der Waals surface area (Å²) in [6, 6.07) is 7.65. The van der Waals surface area contributed by atoms with Crippen molar-refractivity contribution < 1.29 is 14.9 Å². The maximum absolute atomic E-state index is 9.62. The lowest BCUT2D eigenvalue weighted by Crippen LogP contribution is -2.33. The molecule has 1 aromatic rings. The van der Waals surface area contributed by atoms with E-state index in [0.29, 0.717) is 19.6 Å². The standard InChI is InChI=1S/C13H20N2O3/c1-18-13-5-3-2-4-9(13)10(6-14)15-7-11(16)12(17)8-15/h2-5,10-12,16-17H,6-8,14H2,1H3. The first-order chi connectivity index (χ1) is 8.67. The van der Waals surface area contributed by atoms with Gasteiger partial charge in [-0.05, 0) is 6.07 Å². The van der Waals surface area contributed by atoms with Crippen LogP contribution in [0.15, 0.2) is 24.3 Å². The number of nitrogens with zero attached hydrogens (tertiary/aromatic N) is 1. The lowest BCUT2D eigenvalue weighted by Gasteiger charge is -2.27. The van der Waals surface area contributed by atoms with E-state index in [-0.39, 0.29) is 6.04 Å². The fraction of sp³-hybridized carbons (Fsp3) is 0.538. The Morgan fingerprint density at radius 1 is 1.33 bits per heavy atom. The van der Waals surface area contributed by atoms with Crippen molar-refractivity contribution in [2.24, 2.45) is 5.73 Å². The highest BCUT2D eigenvalue weighted by Gasteiger charge is 2.34. The summed E-state index contributed by atoms with van der Waals surface area (Å²) in [6.07, 6.45) is -1.40. The topological polar surface area (TPSA) is 79.0 Å². The quantitative estimate of drug-likeness (QED) is 0.687. The van der Waals surface area contributed by atoms with Crippen LogP contribution in [-0.2, 0) is 0 Å². The second-order valence-corrected chi connectivity index (χ2v) is 4.58. The number of ether oxygens (including phenoxy) is 1. The number of hydrogen-bond donors (Lipinski definition) is 3. The molecule has 1 aliphatic heterocycles. The molecule has 4 N–H and O–H groups in total. The molecule has 5 heteroatoms. The van der Waals surface area contributed by atoms with Gasteiger partial charge < -0.3 is 20.7 Å². The van der Waals surface area contributed by atoms with Crippen LogP contribution in [0.25, 0.3) is 0 Å². The molecule has 0 amide bonds. The number of hydrogen-bond acceptors (Lipinski definition) is 5. The van der Waals surface area contributed by atoms with E-state index >= 15 is 0 Å². The second kappa shape index (κ2) is 5.67. The van der Waals surface area contributed by atoms with E-state index < -0.39 is 12.2 Å². The molecule has 0 bridgehead atoms. The average molecular weight is 252 g/mol. The maximum atomic E-state index is 9.62. The van der Waals surface area contributed by atoms with Crippen LogP contribution >= 0.6 is 0 Å². The number of para-hydroxylation sites is 1. The van der Waals surface area contributed by atoms with Gasteiger partial charge in [0.2, 0.25) is 0 Å². The van der Waals surface area contributed by atoms with Gasteiger partial charge in [-0.15, -0.1) is 0 Å². The zero-order valence-electron chi connectivity index (χ0n) is 10.5. The SMILES string of the molecule is COc1ccccc1C(CN)N1CC(O)C(O)C1. The number of aliphatic hydroxyl groups excluding tert-OH is 2. The fourth-order valence-corrected chi connectivity index (χ4v) is 2.47. The minimum atomic E-state index is -0.700. The molecule has 0 aliphatic carbocycles. The van der Waals surface area contributed by atoms with E-state index in [9.17, 15) is 10.2 Å². The molecular formula is C13H20N2O3. The van der Waals surface area contributed by atoms with Gasteiger partial charge in [-0.3, -0.25) is 4.90 Å². The Hall–Kier alpha value is -1.14. The Morgan fingerprint density at radius 2 is 1.94 bits per heavy atom. The number of benzene rings is 1. The molecular weight excluding hydrogens is 232 g/mol. The van der Waals surface area contributed by atoms with E-state index in [1.54, 1.807) is 7.11 Å². The molecule has 1 saturated heterocycles. The van der Waals surface area contributed by atoms with Gasteiger partial charge in [0.15, 0.2) is 0 Å². The number of likely N-dealkylation sites (tertiary alicyclic amines) is 1. The van der Waals surface area contributed by atoms with Crippen LogP contribution < -0.4 is 10.5 Å². The molecule has 3 unspecified atom stereocenters. The van der Waals surface area contributed by atoms with Crippen molar-refractivity contribution in [3.63, 3.8) is 0 Å². The summed E-state index contributed by atoms with van der Waals surface area (Å²) in [5, 5.41) is 19.2. The van der Waals surface area contributed by atoms with Gasteiger partial charge in [-0.2, -0.15) is 0 Å². The van der Waals surface area contributed by atoms with Crippen LogP contribution in [0, 0.1) is 0 Å². The molecule has 0 radical (unpaired) electrons. The minimum Gasteiger partial charge on any atom is -0.496 e. The number of methoxy groups -OCH3 is 1. The Kier molecular flexibility index (Phi) is 4.19. The van der Waals surface area contributed by atoms with E-state index in [1.807, 2.05) is 29.2 Å². The van der Waals surface area contributed by atoms with Crippen molar-refractivity contribution in [1.82, 2.24) is 4.90 Å². The van der Waals surface area contributed by atoms with E-state index in [0.717, 1.165) is 11.3 Å². The van der Waals surface area contributed by atoms with Crippen molar-refractivity contribution in [2.45, 2.75) is 18.2 Å². The molecule has 18 heavy (non-hydrogen) atoms. The van der Waals surface area contributed by atoms with Gasteiger partial charge in [-0.25, -0.2) is 0 Å². The first kappa shape index (κ1) is 13.3. The van der Waals surface area contributed by atoms with Gasteiger partial charge in [-0.1, -0.05) is 18.2 Å². The van der Waals surface area contributed by atoms with E-state index in [1.165, 1.54) is 0 Å². The lowest BCUT2D eigenvalue weighted by atomic mass is 10.0. The van der Waals surface area contributed by atoms with Crippen molar-refractivity contribution in [3.05, 3.63) is 29.8 Å². The van der Waals surface area contributed by atoms with Crippen LogP contribution in [0.4, 0.5) is 0 Å². The number of nitrogens with two attached hydrogens (primary N) is 1. The van der Waals surface area contributed by atoms with Gasteiger partial charge in [0.1, 0.15) is 5.75 Å². The van der Waals surface area contributed by atoms with Gasteiger partial charge >= 0.3 is 0 Å². The van der Waals surface area contributed by atoms with Crippen molar-refractivity contribution in [2.75, 3.05) is 26.7 Å². The molecule has 2 rings (SSSR count). The molecule has 0 spiro atoms. The first-order valence-electron chi connectivity index (χ1n) is 6.10. The highest BCUT2D eigenvalue weighted by molar-refractivity contribution is 5.36. The second-order valence-electron chi connectivity index (χ2n) is 4.58. The summed E-state index contributed by atoms with van der Waals surface area (Å²) in [4.78, 5) is 1.99. The molecule has 0 saturated carbocycles. The van der Waals surface area contributed by atoms with Gasteiger partial charge in [0.25, 0.3) is 0 Å². The first-order valence-corrected chi connectivity index (χ1v) is 6.10. The third-order valence-electron chi connectivity index (χ3n) is 3.45. The normalized spacial score (nSPS) is 26.2. The Labute approximate surface area is 107 Å². The minimum absolute atomic E-state index is 0.0482. The van der Waals surface area contributed by atoms with Gasteiger partial charge in [0, 0.05) is 25.2 Å². The molecule has 1 heterocycles.